The molecule has 0 spiro atoms. The Morgan fingerprint density at radius 3 is 2.61 bits per heavy atom. The molecule has 2 aromatic carbocycles. The van der Waals surface area contributed by atoms with Crippen molar-refractivity contribution in [1.82, 2.24) is 0 Å². The summed E-state index contributed by atoms with van der Waals surface area (Å²) in [6.07, 6.45) is 0. The summed E-state index contributed by atoms with van der Waals surface area (Å²) in [5.41, 5.74) is 8.22. The van der Waals surface area contributed by atoms with Crippen LogP contribution in [0.1, 0.15) is 12.6 Å². The van der Waals surface area contributed by atoms with Crippen molar-refractivity contribution in [2.24, 2.45) is 0 Å². The topological polar surface area (TPSA) is 59.1 Å². The molecule has 0 aromatic heterocycles. The van der Waals surface area contributed by atoms with Crippen LogP contribution in [0.2, 0.25) is 0 Å². The summed E-state index contributed by atoms with van der Waals surface area (Å²) in [5.74, 6) is 0.726. The van der Waals surface area contributed by atoms with Gasteiger partial charge in [-0.25, -0.2) is 0 Å². The summed E-state index contributed by atoms with van der Waals surface area (Å²) in [4.78, 5) is 0. The number of benzene rings is 2. The average molecular weight is 354 g/mol. The van der Waals surface area contributed by atoms with Gasteiger partial charge in [-0.1, -0.05) is 30.3 Å². The van der Waals surface area contributed by atoms with E-state index in [0.717, 1.165) is 11.3 Å². The second kappa shape index (κ2) is 5.86. The van der Waals surface area contributed by atoms with Crippen molar-refractivity contribution in [3.05, 3.63) is 59.7 Å². The van der Waals surface area contributed by atoms with E-state index in [1.165, 1.54) is 0 Å². The Morgan fingerprint density at radius 1 is 1.22 bits per heavy atom. The highest BCUT2D eigenvalue weighted by Crippen LogP contribution is 2.22. The minimum atomic E-state index is 0. The van der Waals surface area contributed by atoms with Gasteiger partial charge < -0.3 is 10.5 Å². The van der Waals surface area contributed by atoms with Gasteiger partial charge in [0.1, 0.15) is 16.1 Å². The zero-order valence-electron chi connectivity index (χ0n) is 9.69. The van der Waals surface area contributed by atoms with Crippen LogP contribution in [0.25, 0.3) is 0 Å². The van der Waals surface area contributed by atoms with Gasteiger partial charge in [-0.2, -0.15) is 0 Å². The predicted octanol–water partition coefficient (Wildman–Crippen LogP) is 3.85. The van der Waals surface area contributed by atoms with Gasteiger partial charge in [-0.3, -0.25) is 5.41 Å². The monoisotopic (exact) mass is 354 g/mol. The van der Waals surface area contributed by atoms with E-state index in [1.807, 2.05) is 59.0 Å². The van der Waals surface area contributed by atoms with E-state index in [9.17, 15) is 0 Å². The lowest BCUT2D eigenvalue weighted by atomic mass is 10.2. The maximum absolute atomic E-state index is 7.62. The number of anilines is 1. The molecule has 0 saturated carbocycles. The standard InChI is InChI=1S/C14H13IN2O.H2/c15-14(17)12-8-11(6-7-13(12)16)18-9-10-4-2-1-3-5-10;/h1-8,17H,9,16H2;1H. The number of nitrogen functional groups attached to an aromatic ring is 1. The minimum Gasteiger partial charge on any atom is -0.489 e. The third-order valence-electron chi connectivity index (χ3n) is 2.51. The largest absolute Gasteiger partial charge is 0.489 e. The molecule has 0 unspecified atom stereocenters. The van der Waals surface area contributed by atoms with E-state index in [0.29, 0.717) is 21.6 Å². The lowest BCUT2D eigenvalue weighted by Gasteiger charge is -2.09. The molecule has 0 saturated heterocycles. The highest BCUT2D eigenvalue weighted by atomic mass is 127. The molecule has 0 heterocycles. The summed E-state index contributed by atoms with van der Waals surface area (Å²) in [7, 11) is 0. The van der Waals surface area contributed by atoms with Crippen molar-refractivity contribution < 1.29 is 6.16 Å². The molecule has 2 aromatic rings. The fraction of sp³-hybridized carbons (Fsp3) is 0.0714. The Kier molecular flexibility index (Phi) is 4.19. The van der Waals surface area contributed by atoms with Crippen LogP contribution in [-0.4, -0.2) is 3.72 Å². The van der Waals surface area contributed by atoms with Gasteiger partial charge >= 0.3 is 0 Å². The number of rotatable bonds is 4. The van der Waals surface area contributed by atoms with Crippen LogP contribution < -0.4 is 10.5 Å². The van der Waals surface area contributed by atoms with Gasteiger partial charge in [0.15, 0.2) is 0 Å². The second-order valence-corrected chi connectivity index (χ2v) is 4.92. The van der Waals surface area contributed by atoms with Crippen molar-refractivity contribution in [3.63, 3.8) is 0 Å². The molecule has 0 radical (unpaired) electrons. The van der Waals surface area contributed by atoms with Gasteiger partial charge in [-0.05, 0) is 46.4 Å². The second-order valence-electron chi connectivity index (χ2n) is 3.84. The van der Waals surface area contributed by atoms with E-state index in [2.05, 4.69) is 0 Å². The number of nitrogens with two attached hydrogens (primary N) is 1. The molecule has 0 amide bonds. The Hall–Kier alpha value is -1.56. The molecule has 4 heteroatoms. The molecular formula is C14H15IN2O. The van der Waals surface area contributed by atoms with Crippen LogP contribution >= 0.6 is 22.6 Å². The van der Waals surface area contributed by atoms with Crippen LogP contribution in [0.4, 0.5) is 5.69 Å². The summed E-state index contributed by atoms with van der Waals surface area (Å²) in [6, 6.07) is 15.3. The van der Waals surface area contributed by atoms with Crippen LogP contribution in [0.3, 0.4) is 0 Å². The Balaban J connectivity index is 0.00000180. The first-order valence-corrected chi connectivity index (χ1v) is 6.55. The van der Waals surface area contributed by atoms with Crippen LogP contribution in [0.5, 0.6) is 5.75 Å². The summed E-state index contributed by atoms with van der Waals surface area (Å²) < 4.78 is 6.09. The molecule has 18 heavy (non-hydrogen) atoms. The molecule has 0 bridgehead atoms. The zero-order chi connectivity index (χ0) is 13.0. The fourth-order valence-electron chi connectivity index (χ4n) is 1.56. The number of ether oxygens (including phenoxy) is 1. The van der Waals surface area contributed by atoms with Crippen molar-refractivity contribution in [1.29, 1.82) is 5.41 Å². The number of hydrogen-bond donors (Lipinski definition) is 2. The van der Waals surface area contributed by atoms with Gasteiger partial charge in [0.2, 0.25) is 0 Å². The Labute approximate surface area is 121 Å². The normalized spacial score (nSPS) is 10.1. The number of halogens is 1. The molecule has 0 aliphatic carbocycles. The van der Waals surface area contributed by atoms with Gasteiger partial charge in [0, 0.05) is 12.7 Å². The van der Waals surface area contributed by atoms with Crippen molar-refractivity contribution in [2.45, 2.75) is 6.61 Å². The van der Waals surface area contributed by atoms with Crippen LogP contribution in [0.15, 0.2) is 48.5 Å². The Morgan fingerprint density at radius 2 is 1.94 bits per heavy atom. The smallest absolute Gasteiger partial charge is 0.120 e. The first-order valence-electron chi connectivity index (χ1n) is 5.47. The zero-order valence-corrected chi connectivity index (χ0v) is 11.8. The van der Waals surface area contributed by atoms with Crippen LogP contribution in [0, 0.1) is 5.41 Å². The molecule has 0 aliphatic heterocycles. The maximum atomic E-state index is 7.62. The summed E-state index contributed by atoms with van der Waals surface area (Å²) >= 11 is 1.94. The van der Waals surface area contributed by atoms with E-state index in [-0.39, 0.29) is 1.43 Å². The van der Waals surface area contributed by atoms with E-state index in [4.69, 9.17) is 15.9 Å². The van der Waals surface area contributed by atoms with Gasteiger partial charge in [0.05, 0.1) is 0 Å². The lowest BCUT2D eigenvalue weighted by molar-refractivity contribution is 0.306. The van der Waals surface area contributed by atoms with Crippen molar-refractivity contribution in [3.8, 4) is 5.75 Å². The van der Waals surface area contributed by atoms with Gasteiger partial charge in [0.25, 0.3) is 0 Å². The number of hydrogen-bond acceptors (Lipinski definition) is 3. The van der Waals surface area contributed by atoms with Gasteiger partial charge in [-0.15, -0.1) is 0 Å². The highest BCUT2D eigenvalue weighted by molar-refractivity contribution is 14.1. The SMILES string of the molecule is N=C(I)c1cc(OCc2ccccc2)ccc1N.[HH]. The third-order valence-corrected chi connectivity index (χ3v) is 3.09. The van der Waals surface area contributed by atoms with E-state index in [1.54, 1.807) is 12.1 Å². The first-order chi connectivity index (χ1) is 8.66. The third kappa shape index (κ3) is 3.22. The first kappa shape index (κ1) is 12.9. The van der Waals surface area contributed by atoms with Crippen molar-refractivity contribution >= 4 is 32.0 Å². The molecule has 2 rings (SSSR count). The molecule has 3 N–H and O–H groups in total. The molecular weight excluding hydrogens is 339 g/mol. The maximum Gasteiger partial charge on any atom is 0.120 e. The molecule has 0 fully saturated rings. The van der Waals surface area contributed by atoms with E-state index >= 15 is 0 Å². The van der Waals surface area contributed by atoms with E-state index < -0.39 is 0 Å². The summed E-state index contributed by atoms with van der Waals surface area (Å²) in [5, 5.41) is 7.62. The predicted molar refractivity (Wildman–Crippen MR) is 84.6 cm³/mol. The average Bonchev–Trinajstić information content (AvgIpc) is 2.38. The highest BCUT2D eigenvalue weighted by Gasteiger charge is 2.05. The quantitative estimate of drug-likeness (QED) is 0.498. The molecule has 0 atom stereocenters. The van der Waals surface area contributed by atoms with Crippen molar-refractivity contribution in [2.75, 3.05) is 5.73 Å². The summed E-state index contributed by atoms with van der Waals surface area (Å²) in [6.45, 7) is 0.513. The lowest BCUT2D eigenvalue weighted by Crippen LogP contribution is -2.00. The molecule has 3 nitrogen and oxygen atoms in total. The number of nitrogens with one attached hydrogen (secondary N) is 1. The minimum absolute atomic E-state index is 0. The Bertz CT molecular complexity index is 561. The fourth-order valence-corrected chi connectivity index (χ4v) is 2.02. The van der Waals surface area contributed by atoms with Crippen LogP contribution in [-0.2, 0) is 6.61 Å². The molecule has 94 valence electrons. The molecule has 0 aliphatic rings.